The average molecular weight is 503 g/mol. The second-order valence-corrected chi connectivity index (χ2v) is 11.3. The number of nitrogens with zero attached hydrogens (tertiary/aromatic N) is 2. The Morgan fingerprint density at radius 1 is 0.368 bits per heavy atom. The number of rotatable bonds is 12. The first kappa shape index (κ1) is 25.0. The van der Waals surface area contributed by atoms with Gasteiger partial charge in [0.05, 0.1) is 0 Å². The van der Waals surface area contributed by atoms with Crippen LogP contribution < -0.4 is 0 Å². The van der Waals surface area contributed by atoms with Crippen molar-refractivity contribution >= 4 is 54.1 Å². The van der Waals surface area contributed by atoms with Gasteiger partial charge in [-0.05, 0) is 69.4 Å². The molecule has 196 valence electrons. The minimum absolute atomic E-state index is 1.12. The normalized spacial score (nSPS) is 12.2. The minimum Gasteiger partial charge on any atom is -0.347 e. The molecular formula is C36H42N2. The zero-order valence-corrected chi connectivity index (χ0v) is 23.3. The Balaban J connectivity index is 1.33. The van der Waals surface area contributed by atoms with E-state index in [2.05, 4.69) is 96.0 Å². The van der Waals surface area contributed by atoms with E-state index in [9.17, 15) is 0 Å². The van der Waals surface area contributed by atoms with Crippen LogP contribution in [0, 0.1) is 0 Å². The molecule has 0 aliphatic rings. The van der Waals surface area contributed by atoms with Crippen LogP contribution in [0.15, 0.2) is 73.1 Å². The van der Waals surface area contributed by atoms with Crippen LogP contribution in [-0.2, 0) is 13.1 Å². The van der Waals surface area contributed by atoms with Crippen molar-refractivity contribution < 1.29 is 0 Å². The quantitative estimate of drug-likeness (QED) is 0.116. The summed E-state index contributed by atoms with van der Waals surface area (Å²) in [5.74, 6) is 0. The first-order valence-corrected chi connectivity index (χ1v) is 15.1. The smallest absolute Gasteiger partial charge is 0.0486 e. The maximum Gasteiger partial charge on any atom is 0.0486 e. The molecule has 6 aromatic rings. The van der Waals surface area contributed by atoms with Crippen LogP contribution in [-0.4, -0.2) is 9.13 Å². The average Bonchev–Trinajstić information content (AvgIpc) is 3.56. The Morgan fingerprint density at radius 3 is 1.11 bits per heavy atom. The molecule has 2 aromatic heterocycles. The molecule has 0 spiro atoms. The van der Waals surface area contributed by atoms with Crippen molar-refractivity contribution in [1.29, 1.82) is 0 Å². The van der Waals surface area contributed by atoms with E-state index in [0.29, 0.717) is 0 Å². The molecule has 2 nitrogen and oxygen atoms in total. The summed E-state index contributed by atoms with van der Waals surface area (Å²) in [6, 6.07) is 23.5. The van der Waals surface area contributed by atoms with E-state index < -0.39 is 0 Å². The largest absolute Gasteiger partial charge is 0.347 e. The van der Waals surface area contributed by atoms with Gasteiger partial charge in [-0.1, -0.05) is 102 Å². The van der Waals surface area contributed by atoms with Crippen LogP contribution in [0.25, 0.3) is 54.1 Å². The van der Waals surface area contributed by atoms with Gasteiger partial charge in [0, 0.05) is 47.3 Å². The second kappa shape index (κ2) is 11.2. The highest BCUT2D eigenvalue weighted by atomic mass is 15.0. The van der Waals surface area contributed by atoms with Crippen LogP contribution in [0.3, 0.4) is 0 Å². The van der Waals surface area contributed by atoms with Crippen LogP contribution >= 0.6 is 0 Å². The van der Waals surface area contributed by atoms with Gasteiger partial charge in [0.1, 0.15) is 0 Å². The summed E-state index contributed by atoms with van der Waals surface area (Å²) in [4.78, 5) is 0. The summed E-state index contributed by atoms with van der Waals surface area (Å²) >= 11 is 0. The van der Waals surface area contributed by atoms with Gasteiger partial charge in [-0.15, -0.1) is 0 Å². The number of benzene rings is 4. The van der Waals surface area contributed by atoms with Crippen LogP contribution in [0.1, 0.15) is 78.1 Å². The minimum atomic E-state index is 1.12. The molecule has 0 atom stereocenters. The van der Waals surface area contributed by atoms with E-state index in [1.54, 1.807) is 0 Å². The van der Waals surface area contributed by atoms with Gasteiger partial charge in [-0.2, -0.15) is 0 Å². The van der Waals surface area contributed by atoms with Crippen LogP contribution in [0.4, 0.5) is 0 Å². The Hall–Kier alpha value is -3.26. The van der Waals surface area contributed by atoms with Gasteiger partial charge in [-0.3, -0.25) is 0 Å². The van der Waals surface area contributed by atoms with Crippen molar-refractivity contribution in [3.05, 3.63) is 73.1 Å². The van der Waals surface area contributed by atoms with Crippen molar-refractivity contribution in [3.63, 3.8) is 0 Å². The third-order valence-corrected chi connectivity index (χ3v) is 8.70. The first-order chi connectivity index (χ1) is 18.8. The summed E-state index contributed by atoms with van der Waals surface area (Å²) in [5.41, 5.74) is 2.73. The fourth-order valence-electron chi connectivity index (χ4n) is 6.56. The second-order valence-electron chi connectivity index (χ2n) is 11.3. The molecule has 0 saturated carbocycles. The van der Waals surface area contributed by atoms with E-state index in [-0.39, 0.29) is 0 Å². The Bertz CT molecular complexity index is 1570. The van der Waals surface area contributed by atoms with E-state index >= 15 is 0 Å². The molecule has 0 unspecified atom stereocenters. The lowest BCUT2D eigenvalue weighted by atomic mass is 9.94. The standard InChI is InChI=1S/C36H42N2/c1-3-5-7-9-11-23-37-25-21-33-31-15-13-28-27(29(31)17-19-35(33)37)14-16-32-30(28)18-20-36-34(32)22-26-38(36)24-12-10-8-6-4-2/h13-22,25-26H,3-12,23-24H2,1-2H3. The molecule has 0 amide bonds. The molecular weight excluding hydrogens is 460 g/mol. The molecule has 38 heavy (non-hydrogen) atoms. The first-order valence-electron chi connectivity index (χ1n) is 15.1. The number of hydrogen-bond acceptors (Lipinski definition) is 0. The summed E-state index contributed by atoms with van der Waals surface area (Å²) < 4.78 is 4.91. The predicted molar refractivity (Wildman–Crippen MR) is 167 cm³/mol. The fraction of sp³-hybridized carbons (Fsp3) is 0.389. The molecule has 2 heterocycles. The zero-order chi connectivity index (χ0) is 25.9. The molecule has 6 rings (SSSR count). The maximum atomic E-state index is 2.45. The van der Waals surface area contributed by atoms with Crippen LogP contribution in [0.2, 0.25) is 0 Å². The van der Waals surface area contributed by atoms with Crippen molar-refractivity contribution in [2.75, 3.05) is 0 Å². The molecule has 0 bridgehead atoms. The highest BCUT2D eigenvalue weighted by Gasteiger charge is 2.12. The summed E-state index contributed by atoms with van der Waals surface area (Å²) in [7, 11) is 0. The van der Waals surface area contributed by atoms with Gasteiger partial charge in [0.15, 0.2) is 0 Å². The van der Waals surface area contributed by atoms with Gasteiger partial charge in [0.25, 0.3) is 0 Å². The fourth-order valence-corrected chi connectivity index (χ4v) is 6.56. The lowest BCUT2D eigenvalue weighted by Crippen LogP contribution is -1.96. The highest BCUT2D eigenvalue weighted by molar-refractivity contribution is 6.24. The van der Waals surface area contributed by atoms with E-state index in [1.807, 2.05) is 0 Å². The molecule has 0 radical (unpaired) electrons. The van der Waals surface area contributed by atoms with Gasteiger partial charge in [-0.25, -0.2) is 0 Å². The molecule has 0 N–H and O–H groups in total. The maximum absolute atomic E-state index is 2.45. The molecule has 0 fully saturated rings. The topological polar surface area (TPSA) is 9.86 Å². The van der Waals surface area contributed by atoms with Crippen molar-refractivity contribution in [1.82, 2.24) is 9.13 Å². The highest BCUT2D eigenvalue weighted by Crippen LogP contribution is 2.37. The van der Waals surface area contributed by atoms with Gasteiger partial charge in [0.2, 0.25) is 0 Å². The summed E-state index contributed by atoms with van der Waals surface area (Å²) in [5, 5.41) is 10.9. The Morgan fingerprint density at radius 2 is 0.711 bits per heavy atom. The van der Waals surface area contributed by atoms with Crippen molar-refractivity contribution in [3.8, 4) is 0 Å². The molecule has 4 aromatic carbocycles. The molecule has 2 heteroatoms. The number of fused-ring (bicyclic) bond motifs is 9. The number of aryl methyl sites for hydroxylation is 2. The predicted octanol–water partition coefficient (Wildman–Crippen LogP) is 11.0. The lowest BCUT2D eigenvalue weighted by molar-refractivity contribution is 0.577. The van der Waals surface area contributed by atoms with E-state index in [0.717, 1.165) is 13.1 Å². The van der Waals surface area contributed by atoms with E-state index in [1.165, 1.54) is 118 Å². The lowest BCUT2D eigenvalue weighted by Gasteiger charge is -2.11. The van der Waals surface area contributed by atoms with Crippen molar-refractivity contribution in [2.24, 2.45) is 0 Å². The molecule has 0 aliphatic heterocycles. The SMILES string of the molecule is CCCCCCCn1ccc2c3ccc4c(ccc5c4ccc4c5ccn4CCCCCCC)c3ccc21. The monoisotopic (exact) mass is 502 g/mol. The summed E-state index contributed by atoms with van der Waals surface area (Å²) in [6.45, 7) is 6.80. The number of aromatic nitrogens is 2. The van der Waals surface area contributed by atoms with Crippen molar-refractivity contribution in [2.45, 2.75) is 91.1 Å². The Kier molecular flexibility index (Phi) is 7.40. The third-order valence-electron chi connectivity index (χ3n) is 8.70. The van der Waals surface area contributed by atoms with Crippen LogP contribution in [0.5, 0.6) is 0 Å². The summed E-state index contributed by atoms with van der Waals surface area (Å²) in [6.07, 6.45) is 17.8. The Labute approximate surface area is 227 Å². The number of hydrogen-bond donors (Lipinski definition) is 0. The van der Waals surface area contributed by atoms with Gasteiger partial charge < -0.3 is 9.13 Å². The third kappa shape index (κ3) is 4.59. The van der Waals surface area contributed by atoms with E-state index in [4.69, 9.17) is 0 Å². The number of unbranched alkanes of at least 4 members (excludes halogenated alkanes) is 8. The van der Waals surface area contributed by atoms with Gasteiger partial charge >= 0.3 is 0 Å². The molecule has 0 saturated heterocycles. The zero-order valence-electron chi connectivity index (χ0n) is 23.3. The molecule has 0 aliphatic carbocycles.